The van der Waals surface area contributed by atoms with Crippen molar-refractivity contribution in [1.82, 2.24) is 5.32 Å². The lowest BCUT2D eigenvalue weighted by Crippen LogP contribution is -2.31. The van der Waals surface area contributed by atoms with E-state index in [0.717, 1.165) is 22.1 Å². The largest absolute Gasteiger partial charge is 0.355 e. The molecule has 0 saturated heterocycles. The van der Waals surface area contributed by atoms with Crippen molar-refractivity contribution in [2.45, 2.75) is 33.6 Å². The molecule has 0 saturated carbocycles. The first kappa shape index (κ1) is 16.7. The summed E-state index contributed by atoms with van der Waals surface area (Å²) in [7, 11) is 0. The van der Waals surface area contributed by atoms with Crippen LogP contribution >= 0.6 is 15.9 Å². The first-order chi connectivity index (χ1) is 9.43. The van der Waals surface area contributed by atoms with Gasteiger partial charge in [-0.25, -0.2) is 0 Å². The maximum Gasteiger partial charge on any atom is 0.226 e. The molecule has 1 aromatic rings. The Kier molecular flexibility index (Phi) is 6.71. The van der Waals surface area contributed by atoms with Gasteiger partial charge in [0.25, 0.3) is 0 Å². The number of carbonyl (C=O) groups excluding carboxylic acids is 2. The van der Waals surface area contributed by atoms with Gasteiger partial charge >= 0.3 is 0 Å². The van der Waals surface area contributed by atoms with Gasteiger partial charge in [0.05, 0.1) is 0 Å². The number of aryl methyl sites for hydroxylation is 1. The Hall–Kier alpha value is -1.36. The summed E-state index contributed by atoms with van der Waals surface area (Å²) in [6, 6.07) is 5.73. The number of hydrogen-bond donors (Lipinski definition) is 2. The summed E-state index contributed by atoms with van der Waals surface area (Å²) in [5.74, 6) is -0.111. The van der Waals surface area contributed by atoms with Crippen LogP contribution in [0.4, 0.5) is 5.69 Å². The smallest absolute Gasteiger partial charge is 0.226 e. The molecular formula is C15H21BrN2O2. The molecule has 110 valence electrons. The average molecular weight is 341 g/mol. The molecule has 0 spiro atoms. The van der Waals surface area contributed by atoms with Gasteiger partial charge in [0, 0.05) is 29.0 Å². The van der Waals surface area contributed by atoms with E-state index in [1.54, 1.807) is 0 Å². The summed E-state index contributed by atoms with van der Waals surface area (Å²) in [4.78, 5) is 23.4. The Morgan fingerprint density at radius 3 is 2.70 bits per heavy atom. The van der Waals surface area contributed by atoms with E-state index in [4.69, 9.17) is 0 Å². The van der Waals surface area contributed by atoms with Gasteiger partial charge in [-0.3, -0.25) is 9.59 Å². The van der Waals surface area contributed by atoms with Crippen molar-refractivity contribution in [3.05, 3.63) is 28.2 Å². The minimum absolute atomic E-state index is 0.000985. The summed E-state index contributed by atoms with van der Waals surface area (Å²) < 4.78 is 0.920. The monoisotopic (exact) mass is 340 g/mol. The lowest BCUT2D eigenvalue weighted by molar-refractivity contribution is -0.124. The fraction of sp³-hybridized carbons (Fsp3) is 0.467. The molecule has 1 rings (SSSR count). The predicted octanol–water partition coefficient (Wildman–Crippen LogP) is 3.25. The van der Waals surface area contributed by atoms with Crippen LogP contribution in [-0.4, -0.2) is 18.4 Å². The Balaban J connectivity index is 2.41. The third-order valence-corrected chi connectivity index (χ3v) is 3.68. The fourth-order valence-electron chi connectivity index (χ4n) is 1.60. The normalized spacial score (nSPS) is 11.8. The highest BCUT2D eigenvalue weighted by Crippen LogP contribution is 2.20. The number of nitrogens with one attached hydrogen (secondary N) is 2. The second-order valence-corrected chi connectivity index (χ2v) is 5.77. The lowest BCUT2D eigenvalue weighted by Gasteiger charge is -2.11. The molecule has 20 heavy (non-hydrogen) atoms. The van der Waals surface area contributed by atoms with Gasteiger partial charge in [-0.15, -0.1) is 0 Å². The highest BCUT2D eigenvalue weighted by molar-refractivity contribution is 9.10. The third kappa shape index (κ3) is 5.33. The van der Waals surface area contributed by atoms with Crippen molar-refractivity contribution in [2.75, 3.05) is 11.9 Å². The van der Waals surface area contributed by atoms with E-state index in [1.165, 1.54) is 0 Å². The van der Waals surface area contributed by atoms with Crippen molar-refractivity contribution in [1.29, 1.82) is 0 Å². The maximum absolute atomic E-state index is 11.8. The zero-order valence-electron chi connectivity index (χ0n) is 12.1. The Labute approximate surface area is 128 Å². The van der Waals surface area contributed by atoms with Crippen molar-refractivity contribution in [3.8, 4) is 0 Å². The van der Waals surface area contributed by atoms with Gasteiger partial charge in [-0.05, 0) is 31.0 Å². The van der Waals surface area contributed by atoms with Crippen LogP contribution in [0.3, 0.4) is 0 Å². The highest BCUT2D eigenvalue weighted by atomic mass is 79.9. The minimum Gasteiger partial charge on any atom is -0.355 e. The van der Waals surface area contributed by atoms with Gasteiger partial charge < -0.3 is 10.6 Å². The first-order valence-corrected chi connectivity index (χ1v) is 7.57. The van der Waals surface area contributed by atoms with Gasteiger partial charge in [0.1, 0.15) is 0 Å². The average Bonchev–Trinajstić information content (AvgIpc) is 2.41. The molecule has 0 unspecified atom stereocenters. The van der Waals surface area contributed by atoms with Gasteiger partial charge in [-0.2, -0.15) is 0 Å². The third-order valence-electron chi connectivity index (χ3n) is 3.18. The molecule has 0 radical (unpaired) electrons. The Morgan fingerprint density at radius 2 is 2.05 bits per heavy atom. The molecule has 2 N–H and O–H groups in total. The van der Waals surface area contributed by atoms with Crippen molar-refractivity contribution in [3.63, 3.8) is 0 Å². The fourth-order valence-corrected chi connectivity index (χ4v) is 1.96. The van der Waals surface area contributed by atoms with Crippen LogP contribution in [0.5, 0.6) is 0 Å². The molecule has 0 aromatic heterocycles. The second kappa shape index (κ2) is 8.04. The van der Waals surface area contributed by atoms with Crippen molar-refractivity contribution >= 4 is 33.4 Å². The number of carbonyl (C=O) groups is 2. The van der Waals surface area contributed by atoms with E-state index < -0.39 is 0 Å². The number of benzene rings is 1. The quantitative estimate of drug-likeness (QED) is 0.834. The highest BCUT2D eigenvalue weighted by Gasteiger charge is 2.10. The summed E-state index contributed by atoms with van der Waals surface area (Å²) in [6.07, 6.45) is 1.07. The van der Waals surface area contributed by atoms with E-state index >= 15 is 0 Å². The van der Waals surface area contributed by atoms with Crippen LogP contribution in [-0.2, 0) is 9.59 Å². The van der Waals surface area contributed by atoms with Crippen molar-refractivity contribution < 1.29 is 9.59 Å². The molecule has 0 bridgehead atoms. The first-order valence-electron chi connectivity index (χ1n) is 6.77. The van der Waals surface area contributed by atoms with Gasteiger partial charge in [0.15, 0.2) is 0 Å². The lowest BCUT2D eigenvalue weighted by atomic mass is 10.1. The zero-order valence-corrected chi connectivity index (χ0v) is 13.7. The summed E-state index contributed by atoms with van der Waals surface area (Å²) in [5, 5.41) is 5.61. The summed E-state index contributed by atoms with van der Waals surface area (Å²) in [5.41, 5.74) is 1.79. The zero-order chi connectivity index (χ0) is 15.1. The van der Waals surface area contributed by atoms with E-state index in [9.17, 15) is 9.59 Å². The molecule has 1 aromatic carbocycles. The van der Waals surface area contributed by atoms with E-state index in [2.05, 4.69) is 26.6 Å². The van der Waals surface area contributed by atoms with Crippen LogP contribution < -0.4 is 10.6 Å². The summed E-state index contributed by atoms with van der Waals surface area (Å²) >= 11 is 3.37. The SMILES string of the molecule is CC[C@@H](C)C(=O)NCCC(=O)Nc1cc(Br)ccc1C. The molecule has 0 fully saturated rings. The minimum atomic E-state index is -0.101. The molecule has 0 heterocycles. The van der Waals surface area contributed by atoms with E-state index in [0.29, 0.717) is 6.54 Å². The van der Waals surface area contributed by atoms with E-state index in [1.807, 2.05) is 39.0 Å². The molecule has 1 atom stereocenters. The van der Waals surface area contributed by atoms with Crippen LogP contribution in [0, 0.1) is 12.8 Å². The number of amides is 2. The molecule has 0 aliphatic rings. The van der Waals surface area contributed by atoms with Crippen LogP contribution in [0.1, 0.15) is 32.3 Å². The number of halogens is 1. The number of anilines is 1. The molecule has 5 heteroatoms. The van der Waals surface area contributed by atoms with Crippen LogP contribution in [0.15, 0.2) is 22.7 Å². The van der Waals surface area contributed by atoms with Crippen molar-refractivity contribution in [2.24, 2.45) is 5.92 Å². The Bertz CT molecular complexity index is 489. The predicted molar refractivity (Wildman–Crippen MR) is 84.6 cm³/mol. The second-order valence-electron chi connectivity index (χ2n) is 4.86. The number of hydrogen-bond acceptors (Lipinski definition) is 2. The molecular weight excluding hydrogens is 320 g/mol. The van der Waals surface area contributed by atoms with Crippen LogP contribution in [0.2, 0.25) is 0 Å². The van der Waals surface area contributed by atoms with E-state index in [-0.39, 0.29) is 24.2 Å². The molecule has 0 aliphatic carbocycles. The molecule has 0 aliphatic heterocycles. The van der Waals surface area contributed by atoms with Crippen LogP contribution in [0.25, 0.3) is 0 Å². The van der Waals surface area contributed by atoms with Gasteiger partial charge in [-0.1, -0.05) is 35.8 Å². The maximum atomic E-state index is 11.8. The summed E-state index contributed by atoms with van der Waals surface area (Å²) in [6.45, 7) is 6.14. The molecule has 2 amide bonds. The van der Waals surface area contributed by atoms with Gasteiger partial charge in [0.2, 0.25) is 11.8 Å². The topological polar surface area (TPSA) is 58.2 Å². The number of rotatable bonds is 6. The standard InChI is InChI=1S/C15H21BrN2O2/c1-4-10(2)15(20)17-8-7-14(19)18-13-9-12(16)6-5-11(13)3/h5-6,9-10H,4,7-8H2,1-3H3,(H,17,20)(H,18,19)/t10-/m1/s1. The Morgan fingerprint density at radius 1 is 1.35 bits per heavy atom. The molecule has 4 nitrogen and oxygen atoms in total.